The van der Waals surface area contributed by atoms with E-state index in [0.29, 0.717) is 12.8 Å². The summed E-state index contributed by atoms with van der Waals surface area (Å²) in [5.74, 6) is 2.65. The molecular weight excluding hydrogens is 278 g/mol. The van der Waals surface area contributed by atoms with Crippen molar-refractivity contribution in [2.45, 2.75) is 18.9 Å². The molecule has 0 unspecified atom stereocenters. The molecule has 4 heteroatoms. The lowest BCUT2D eigenvalue weighted by Crippen LogP contribution is -2.33. The number of nitrogens with one attached hydrogen (secondary N) is 1. The van der Waals surface area contributed by atoms with Gasteiger partial charge in [-0.3, -0.25) is 0 Å². The number of hydrogen-bond donors (Lipinski definition) is 1. The summed E-state index contributed by atoms with van der Waals surface area (Å²) in [4.78, 5) is 0. The number of methoxy groups -OCH3 is 1. The van der Waals surface area contributed by atoms with E-state index < -0.39 is 0 Å². The van der Waals surface area contributed by atoms with Crippen molar-refractivity contribution in [3.8, 4) is 28.4 Å². The highest BCUT2D eigenvalue weighted by Crippen LogP contribution is 2.54. The third kappa shape index (κ3) is 1.50. The number of rotatable bonds is 1. The minimum absolute atomic E-state index is 0.299. The molecule has 0 radical (unpaired) electrons. The topological polar surface area (TPSA) is 39.7 Å². The monoisotopic (exact) mass is 295 g/mol. The fourth-order valence-corrected chi connectivity index (χ4v) is 4.04. The van der Waals surface area contributed by atoms with Gasteiger partial charge < -0.3 is 19.5 Å². The Kier molecular flexibility index (Phi) is 2.47. The summed E-state index contributed by atoms with van der Waals surface area (Å²) < 4.78 is 17.1. The van der Waals surface area contributed by atoms with Crippen molar-refractivity contribution >= 4 is 0 Å². The summed E-state index contributed by atoms with van der Waals surface area (Å²) in [5, 5.41) is 3.65. The van der Waals surface area contributed by atoms with Crippen LogP contribution < -0.4 is 19.5 Å². The van der Waals surface area contributed by atoms with Gasteiger partial charge in [0.15, 0.2) is 11.5 Å². The summed E-state index contributed by atoms with van der Waals surface area (Å²) in [6.45, 7) is 1.31. The predicted octanol–water partition coefficient (Wildman–Crippen LogP) is 2.83. The first-order valence-electron chi connectivity index (χ1n) is 7.72. The standard InChI is InChI=1S/C18H17NO3/c1-20-13-4-2-3-10-7-12-15-11(5-6-19-12)8-14-18(22-9-21-14)17(15)16(10)13/h2-4,8,12,19H,5-7,9H2,1H3/t12-/m1/s1. The van der Waals surface area contributed by atoms with Crippen LogP contribution in [-0.2, 0) is 12.8 Å². The van der Waals surface area contributed by atoms with Gasteiger partial charge in [-0.05, 0) is 48.2 Å². The Bertz CT molecular complexity index is 784. The van der Waals surface area contributed by atoms with Gasteiger partial charge in [-0.25, -0.2) is 0 Å². The largest absolute Gasteiger partial charge is 0.496 e. The first kappa shape index (κ1) is 12.4. The SMILES string of the molecule is COc1cccc2c1-c1c3c(cc4c1[C@@H](C2)NCC4)OCO3. The molecule has 1 N–H and O–H groups in total. The molecule has 112 valence electrons. The van der Waals surface area contributed by atoms with Crippen molar-refractivity contribution < 1.29 is 14.2 Å². The van der Waals surface area contributed by atoms with Gasteiger partial charge in [0.1, 0.15) is 5.75 Å². The highest BCUT2D eigenvalue weighted by Gasteiger charge is 2.36. The maximum absolute atomic E-state index is 5.82. The van der Waals surface area contributed by atoms with Crippen LogP contribution in [0.15, 0.2) is 24.3 Å². The van der Waals surface area contributed by atoms with Crippen LogP contribution in [0.5, 0.6) is 17.2 Å². The second-order valence-corrected chi connectivity index (χ2v) is 6.01. The molecule has 0 saturated carbocycles. The average Bonchev–Trinajstić information content (AvgIpc) is 3.02. The summed E-state index contributed by atoms with van der Waals surface area (Å²) in [6.07, 6.45) is 2.02. The minimum atomic E-state index is 0.299. The first-order valence-corrected chi connectivity index (χ1v) is 7.72. The van der Waals surface area contributed by atoms with E-state index in [2.05, 4.69) is 23.5 Å². The number of fused-ring (bicyclic) bond motifs is 4. The van der Waals surface area contributed by atoms with Crippen LogP contribution in [-0.4, -0.2) is 20.4 Å². The zero-order valence-corrected chi connectivity index (χ0v) is 12.4. The molecule has 2 aromatic rings. The molecule has 0 spiro atoms. The molecule has 22 heavy (non-hydrogen) atoms. The van der Waals surface area contributed by atoms with Crippen LogP contribution in [0.25, 0.3) is 11.1 Å². The number of hydrogen-bond acceptors (Lipinski definition) is 4. The van der Waals surface area contributed by atoms with Gasteiger partial charge in [0.2, 0.25) is 6.79 Å². The van der Waals surface area contributed by atoms with Crippen LogP contribution >= 0.6 is 0 Å². The van der Waals surface area contributed by atoms with Crippen LogP contribution in [0.1, 0.15) is 22.7 Å². The summed E-state index contributed by atoms with van der Waals surface area (Å²) >= 11 is 0. The zero-order valence-electron chi connectivity index (χ0n) is 12.4. The van der Waals surface area contributed by atoms with E-state index in [1.165, 1.54) is 27.8 Å². The predicted molar refractivity (Wildman–Crippen MR) is 82.7 cm³/mol. The molecule has 2 aromatic carbocycles. The van der Waals surface area contributed by atoms with Crippen LogP contribution in [0.2, 0.25) is 0 Å². The molecule has 0 saturated heterocycles. The molecule has 2 heterocycles. The maximum atomic E-state index is 5.82. The minimum Gasteiger partial charge on any atom is -0.496 e. The molecule has 0 bridgehead atoms. The molecule has 0 fully saturated rings. The van der Waals surface area contributed by atoms with E-state index >= 15 is 0 Å². The Labute approximate surface area is 129 Å². The Morgan fingerprint density at radius 2 is 2.14 bits per heavy atom. The zero-order chi connectivity index (χ0) is 14.7. The van der Waals surface area contributed by atoms with Crippen molar-refractivity contribution in [2.75, 3.05) is 20.4 Å². The highest BCUT2D eigenvalue weighted by atomic mass is 16.7. The average molecular weight is 295 g/mol. The van der Waals surface area contributed by atoms with E-state index in [0.717, 1.165) is 36.6 Å². The molecular formula is C18H17NO3. The van der Waals surface area contributed by atoms with Crippen molar-refractivity contribution in [3.63, 3.8) is 0 Å². The van der Waals surface area contributed by atoms with E-state index in [4.69, 9.17) is 14.2 Å². The Balaban J connectivity index is 1.90. The Hall–Kier alpha value is -2.20. The van der Waals surface area contributed by atoms with Gasteiger partial charge in [-0.15, -0.1) is 0 Å². The molecule has 1 aliphatic carbocycles. The van der Waals surface area contributed by atoms with Crippen LogP contribution in [0.4, 0.5) is 0 Å². The van der Waals surface area contributed by atoms with Crippen molar-refractivity contribution in [2.24, 2.45) is 0 Å². The molecule has 5 rings (SSSR count). The molecule has 4 nitrogen and oxygen atoms in total. The molecule has 0 aromatic heterocycles. The molecule has 1 atom stereocenters. The second-order valence-electron chi connectivity index (χ2n) is 6.01. The normalized spacial score (nSPS) is 20.3. The first-order chi connectivity index (χ1) is 10.9. The van der Waals surface area contributed by atoms with E-state index in [9.17, 15) is 0 Å². The lowest BCUT2D eigenvalue weighted by molar-refractivity contribution is 0.174. The van der Waals surface area contributed by atoms with Crippen molar-refractivity contribution in [3.05, 3.63) is 41.0 Å². The quantitative estimate of drug-likeness (QED) is 0.878. The van der Waals surface area contributed by atoms with E-state index in [1.54, 1.807) is 7.11 Å². The van der Waals surface area contributed by atoms with E-state index in [1.807, 2.05) is 6.07 Å². The number of ether oxygens (including phenoxy) is 3. The Morgan fingerprint density at radius 1 is 1.18 bits per heavy atom. The molecule has 3 aliphatic rings. The summed E-state index contributed by atoms with van der Waals surface area (Å²) in [5.41, 5.74) is 6.39. The van der Waals surface area contributed by atoms with Crippen molar-refractivity contribution in [1.29, 1.82) is 0 Å². The smallest absolute Gasteiger partial charge is 0.231 e. The third-order valence-corrected chi connectivity index (χ3v) is 4.93. The lowest BCUT2D eigenvalue weighted by atomic mass is 9.77. The van der Waals surface area contributed by atoms with Gasteiger partial charge in [-0.1, -0.05) is 12.1 Å². The Morgan fingerprint density at radius 3 is 3.05 bits per heavy atom. The molecule has 0 amide bonds. The van der Waals surface area contributed by atoms with Gasteiger partial charge in [0.05, 0.1) is 7.11 Å². The van der Waals surface area contributed by atoms with Gasteiger partial charge in [0, 0.05) is 17.2 Å². The summed E-state index contributed by atoms with van der Waals surface area (Å²) in [6, 6.07) is 8.79. The van der Waals surface area contributed by atoms with Gasteiger partial charge in [0.25, 0.3) is 0 Å². The van der Waals surface area contributed by atoms with Crippen molar-refractivity contribution in [1.82, 2.24) is 5.32 Å². The second kappa shape index (κ2) is 4.40. The third-order valence-electron chi connectivity index (χ3n) is 4.93. The molecule has 2 aliphatic heterocycles. The summed E-state index contributed by atoms with van der Waals surface area (Å²) in [7, 11) is 1.73. The van der Waals surface area contributed by atoms with Gasteiger partial charge in [-0.2, -0.15) is 0 Å². The van der Waals surface area contributed by atoms with Crippen LogP contribution in [0, 0.1) is 0 Å². The fourth-order valence-electron chi connectivity index (χ4n) is 4.04. The highest BCUT2D eigenvalue weighted by molar-refractivity contribution is 5.87. The lowest BCUT2D eigenvalue weighted by Gasteiger charge is -2.35. The fraction of sp³-hybridized carbons (Fsp3) is 0.333. The van der Waals surface area contributed by atoms with Crippen LogP contribution in [0.3, 0.4) is 0 Å². The van der Waals surface area contributed by atoms with E-state index in [-0.39, 0.29) is 0 Å². The maximum Gasteiger partial charge on any atom is 0.231 e. The van der Waals surface area contributed by atoms with Gasteiger partial charge >= 0.3 is 0 Å². The number of benzene rings is 2.